The molecule has 0 aromatic heterocycles. The Balaban J connectivity index is 0.000000423. The third kappa shape index (κ3) is 6.84. The first-order valence-corrected chi connectivity index (χ1v) is 9.48. The van der Waals surface area contributed by atoms with E-state index in [9.17, 15) is 18.0 Å². The van der Waals surface area contributed by atoms with Gasteiger partial charge in [-0.1, -0.05) is 54.6 Å². The van der Waals surface area contributed by atoms with Crippen LogP contribution in [0.3, 0.4) is 0 Å². The van der Waals surface area contributed by atoms with Crippen molar-refractivity contribution in [3.8, 4) is 11.1 Å². The molecule has 1 heterocycles. The van der Waals surface area contributed by atoms with Gasteiger partial charge in [-0.3, -0.25) is 9.69 Å². The van der Waals surface area contributed by atoms with Gasteiger partial charge in [0.2, 0.25) is 5.91 Å². The minimum atomic E-state index is -5.08. The van der Waals surface area contributed by atoms with Gasteiger partial charge in [0.05, 0.1) is 12.0 Å². The van der Waals surface area contributed by atoms with E-state index in [2.05, 4.69) is 41.4 Å². The molecule has 0 saturated carbocycles. The number of nitrogens with two attached hydrogens (primary N) is 1. The number of carboxylic acids is 1. The number of halogens is 3. The molecule has 0 saturated heterocycles. The van der Waals surface area contributed by atoms with Crippen LogP contribution in [-0.4, -0.2) is 46.6 Å². The van der Waals surface area contributed by atoms with Crippen LogP contribution in [0.15, 0.2) is 59.6 Å². The molecule has 31 heavy (non-hydrogen) atoms. The van der Waals surface area contributed by atoms with Gasteiger partial charge in [-0.05, 0) is 36.5 Å². The van der Waals surface area contributed by atoms with Crippen LogP contribution in [0.5, 0.6) is 0 Å². The zero-order valence-electron chi connectivity index (χ0n) is 17.2. The topological polar surface area (TPSA) is 96.0 Å². The number of aliphatic carboxylic acids is 1. The van der Waals surface area contributed by atoms with Crippen molar-refractivity contribution in [2.24, 2.45) is 10.7 Å². The van der Waals surface area contributed by atoms with Gasteiger partial charge in [0, 0.05) is 7.05 Å². The summed E-state index contributed by atoms with van der Waals surface area (Å²) < 4.78 is 31.7. The van der Waals surface area contributed by atoms with E-state index in [4.69, 9.17) is 15.6 Å². The van der Waals surface area contributed by atoms with Crippen LogP contribution in [0, 0.1) is 0 Å². The number of nitrogens with zero attached hydrogens (tertiary/aromatic N) is 2. The summed E-state index contributed by atoms with van der Waals surface area (Å²) in [5.74, 6) is -2.41. The van der Waals surface area contributed by atoms with E-state index in [1.807, 2.05) is 25.1 Å². The number of alkyl halides is 3. The quantitative estimate of drug-likeness (QED) is 0.762. The number of carbonyl (C=O) groups excluding carboxylic acids is 1. The number of hydrogen-bond donors (Lipinski definition) is 2. The highest BCUT2D eigenvalue weighted by Gasteiger charge is 2.38. The summed E-state index contributed by atoms with van der Waals surface area (Å²) in [7, 11) is 1.67. The lowest BCUT2D eigenvalue weighted by Crippen LogP contribution is -2.48. The lowest BCUT2D eigenvalue weighted by atomic mass is 9.88. The standard InChI is InChI=1S/C20H23N3O.C2HF3O2/c1-20(14-18(24)23(2)19(21)22-20)12-11-15-7-6-10-17(13-15)16-8-4-3-5-9-16;3-2(4,5)1(6)7/h3-10,13H,11-12,14H2,1-2H3,(H2,21,22);(H,6,7)/t20-;/m1./s1. The summed E-state index contributed by atoms with van der Waals surface area (Å²) in [5, 5.41) is 7.12. The Morgan fingerprint density at radius 3 is 2.29 bits per heavy atom. The zero-order valence-corrected chi connectivity index (χ0v) is 17.2. The van der Waals surface area contributed by atoms with Gasteiger partial charge in [0.1, 0.15) is 0 Å². The van der Waals surface area contributed by atoms with E-state index in [1.165, 1.54) is 21.6 Å². The molecule has 3 rings (SSSR count). The first-order valence-electron chi connectivity index (χ1n) is 9.48. The van der Waals surface area contributed by atoms with Crippen LogP contribution < -0.4 is 5.73 Å². The maximum absolute atomic E-state index is 12.0. The fourth-order valence-corrected chi connectivity index (χ4v) is 3.06. The summed E-state index contributed by atoms with van der Waals surface area (Å²) in [6.45, 7) is 2.01. The van der Waals surface area contributed by atoms with Crippen LogP contribution in [0.1, 0.15) is 25.3 Å². The molecular weight excluding hydrogens is 411 g/mol. The monoisotopic (exact) mass is 435 g/mol. The van der Waals surface area contributed by atoms with E-state index in [0.29, 0.717) is 12.4 Å². The number of carbonyl (C=O) groups is 2. The molecule has 6 nitrogen and oxygen atoms in total. The highest BCUT2D eigenvalue weighted by Crippen LogP contribution is 2.28. The van der Waals surface area contributed by atoms with Crippen molar-refractivity contribution in [3.05, 3.63) is 60.2 Å². The van der Waals surface area contributed by atoms with E-state index in [0.717, 1.165) is 12.8 Å². The molecule has 0 fully saturated rings. The van der Waals surface area contributed by atoms with Gasteiger partial charge in [-0.15, -0.1) is 0 Å². The summed E-state index contributed by atoms with van der Waals surface area (Å²) in [4.78, 5) is 26.9. The summed E-state index contributed by atoms with van der Waals surface area (Å²) >= 11 is 0. The minimum Gasteiger partial charge on any atom is -0.475 e. The van der Waals surface area contributed by atoms with E-state index >= 15 is 0 Å². The van der Waals surface area contributed by atoms with Crippen LogP contribution in [0.4, 0.5) is 13.2 Å². The third-order valence-corrected chi connectivity index (χ3v) is 4.86. The van der Waals surface area contributed by atoms with Crippen molar-refractivity contribution in [2.75, 3.05) is 7.05 Å². The Kier molecular flexibility index (Phi) is 7.43. The average Bonchev–Trinajstić information content (AvgIpc) is 2.71. The number of aliphatic imine (C=N–C) groups is 1. The second-order valence-corrected chi connectivity index (χ2v) is 7.47. The molecule has 0 aliphatic carbocycles. The molecule has 166 valence electrons. The maximum atomic E-state index is 12.0. The molecule has 1 aliphatic heterocycles. The van der Waals surface area contributed by atoms with E-state index < -0.39 is 17.7 Å². The van der Waals surface area contributed by atoms with Gasteiger partial charge in [-0.2, -0.15) is 13.2 Å². The second kappa shape index (κ2) is 9.63. The van der Waals surface area contributed by atoms with Gasteiger partial charge < -0.3 is 10.8 Å². The Labute approximate surface area is 178 Å². The minimum absolute atomic E-state index is 0.0306. The number of rotatable bonds is 4. The van der Waals surface area contributed by atoms with Crippen molar-refractivity contribution in [1.29, 1.82) is 0 Å². The average molecular weight is 435 g/mol. The maximum Gasteiger partial charge on any atom is 0.490 e. The Bertz CT molecular complexity index is 961. The first-order chi connectivity index (χ1) is 14.4. The Morgan fingerprint density at radius 2 is 1.74 bits per heavy atom. The fraction of sp³-hybridized carbons (Fsp3) is 0.318. The van der Waals surface area contributed by atoms with Crippen molar-refractivity contribution in [1.82, 2.24) is 4.90 Å². The normalized spacial score (nSPS) is 18.7. The number of benzene rings is 2. The highest BCUT2D eigenvalue weighted by molar-refractivity contribution is 5.98. The van der Waals surface area contributed by atoms with E-state index in [-0.39, 0.29) is 5.91 Å². The smallest absolute Gasteiger partial charge is 0.475 e. The third-order valence-electron chi connectivity index (χ3n) is 4.86. The SMILES string of the molecule is CN1C(=O)C[C@@](C)(CCc2cccc(-c3ccccc3)c2)N=C1N.O=C(O)C(F)(F)F. The Hall–Kier alpha value is -3.36. The van der Waals surface area contributed by atoms with Gasteiger partial charge >= 0.3 is 12.1 Å². The number of hydrogen-bond acceptors (Lipinski definition) is 4. The second-order valence-electron chi connectivity index (χ2n) is 7.47. The predicted octanol–water partition coefficient (Wildman–Crippen LogP) is 3.86. The van der Waals surface area contributed by atoms with Crippen LogP contribution in [0.25, 0.3) is 11.1 Å². The van der Waals surface area contributed by atoms with E-state index in [1.54, 1.807) is 7.05 Å². The molecule has 9 heteroatoms. The molecule has 1 atom stereocenters. The molecule has 0 bridgehead atoms. The van der Waals surface area contributed by atoms with Crippen molar-refractivity contribution in [2.45, 2.75) is 37.9 Å². The summed E-state index contributed by atoms with van der Waals surface area (Å²) in [6.07, 6.45) is -3.01. The number of guanidine groups is 1. The zero-order chi connectivity index (χ0) is 23.2. The molecular formula is C22H24F3N3O3. The molecule has 2 aromatic rings. The number of aryl methyl sites for hydroxylation is 1. The summed E-state index contributed by atoms with van der Waals surface area (Å²) in [5.41, 5.74) is 9.12. The van der Waals surface area contributed by atoms with Gasteiger partial charge in [-0.25, -0.2) is 9.79 Å². The van der Waals surface area contributed by atoms with Crippen LogP contribution in [0.2, 0.25) is 0 Å². The molecule has 0 spiro atoms. The van der Waals surface area contributed by atoms with Gasteiger partial charge in [0.15, 0.2) is 5.96 Å². The van der Waals surface area contributed by atoms with Crippen LogP contribution >= 0.6 is 0 Å². The Morgan fingerprint density at radius 1 is 1.16 bits per heavy atom. The molecule has 3 N–H and O–H groups in total. The molecule has 1 amide bonds. The predicted molar refractivity (Wildman–Crippen MR) is 111 cm³/mol. The highest BCUT2D eigenvalue weighted by atomic mass is 19.4. The largest absolute Gasteiger partial charge is 0.490 e. The molecule has 0 radical (unpaired) electrons. The molecule has 2 aromatic carbocycles. The summed E-state index contributed by atoms with van der Waals surface area (Å²) in [6, 6.07) is 18.9. The lowest BCUT2D eigenvalue weighted by Gasteiger charge is -2.33. The molecule has 1 aliphatic rings. The van der Waals surface area contributed by atoms with Crippen molar-refractivity contribution in [3.63, 3.8) is 0 Å². The number of carboxylic acid groups (broad SMARTS) is 1. The molecule has 0 unspecified atom stereocenters. The van der Waals surface area contributed by atoms with Crippen molar-refractivity contribution < 1.29 is 27.9 Å². The van der Waals surface area contributed by atoms with Crippen LogP contribution in [-0.2, 0) is 16.0 Å². The van der Waals surface area contributed by atoms with Gasteiger partial charge in [0.25, 0.3) is 0 Å². The fourth-order valence-electron chi connectivity index (χ4n) is 3.06. The number of amides is 1. The first kappa shape index (κ1) is 23.9. The lowest BCUT2D eigenvalue weighted by molar-refractivity contribution is -0.192. The van der Waals surface area contributed by atoms with Crippen molar-refractivity contribution >= 4 is 17.8 Å².